The maximum absolute atomic E-state index is 11.8. The van der Waals surface area contributed by atoms with Crippen molar-refractivity contribution in [1.82, 2.24) is 0 Å². The topological polar surface area (TPSA) is 268 Å². The van der Waals surface area contributed by atoms with Crippen LogP contribution in [-0.4, -0.2) is 46.5 Å². The van der Waals surface area contributed by atoms with Gasteiger partial charge in [0.05, 0.1) is 49.0 Å². The highest BCUT2D eigenvalue weighted by Gasteiger charge is 2.25. The summed E-state index contributed by atoms with van der Waals surface area (Å²) in [6, 6.07) is 31.1. The molecule has 4 aliphatic rings. The molecule has 452 valence electrons. The van der Waals surface area contributed by atoms with E-state index in [1.54, 1.807) is 12.1 Å². The van der Waals surface area contributed by atoms with Crippen LogP contribution in [-0.2, 0) is 22.4 Å². The lowest BCUT2D eigenvalue weighted by molar-refractivity contribution is -0.118. The van der Waals surface area contributed by atoms with E-state index in [2.05, 4.69) is 104 Å². The molecular weight excluding hydrogens is 1060 g/mol. The lowest BCUT2D eigenvalue weighted by Gasteiger charge is -2.30. The number of hydrogen-bond donors (Lipinski definition) is 8. The number of allylic oxidation sites excluding steroid dienone is 12. The third kappa shape index (κ3) is 25.7. The van der Waals surface area contributed by atoms with Crippen LogP contribution in [0.1, 0.15) is 199 Å². The second kappa shape index (κ2) is 32.6. The fraction of sp³-hybridized carbons (Fsp3) is 0.351. The summed E-state index contributed by atoms with van der Waals surface area (Å²) in [5.74, 6) is -0.577. The maximum atomic E-state index is 11.8. The molecule has 0 radical (unpaired) electrons. The van der Waals surface area contributed by atoms with E-state index in [1.165, 1.54) is 75.8 Å². The highest BCUT2D eigenvalue weighted by Crippen LogP contribution is 2.39. The Morgan fingerprint density at radius 2 is 0.663 bits per heavy atom. The van der Waals surface area contributed by atoms with Crippen LogP contribution in [0, 0.1) is 32.5 Å². The molecule has 0 bridgehead atoms. The number of hydrogen-bond acceptors (Lipinski definition) is 8. The van der Waals surface area contributed by atoms with Gasteiger partial charge >= 0.3 is 0 Å². The quantitative estimate of drug-likeness (QED) is 0.0269. The minimum atomic E-state index is -0.110. The summed E-state index contributed by atoms with van der Waals surface area (Å²) in [5.41, 5.74) is 40.4. The smallest absolute Gasteiger partial charge is 0.170 e. The van der Waals surface area contributed by atoms with E-state index in [0.29, 0.717) is 34.8 Å². The van der Waals surface area contributed by atoms with Gasteiger partial charge in [-0.2, -0.15) is 0 Å². The number of Topliss-reactive ketones (excluding diaryl/α,β-unsaturated/α-hetero) is 4. The van der Waals surface area contributed by atoms with Crippen LogP contribution in [0.5, 0.6) is 0 Å². The monoisotopic (exact) mass is 1160 g/mol. The molecule has 0 amide bonds. The molecule has 8 rings (SSSR count). The van der Waals surface area contributed by atoms with E-state index < -0.39 is 0 Å². The molecule has 0 spiro atoms. The molecule has 4 aromatic rings. The van der Waals surface area contributed by atoms with Gasteiger partial charge in [-0.3, -0.25) is 40.8 Å². The molecule has 12 nitrogen and oxygen atoms in total. The van der Waals surface area contributed by atoms with Crippen molar-refractivity contribution >= 4 is 70.8 Å². The van der Waals surface area contributed by atoms with E-state index >= 15 is 0 Å². The van der Waals surface area contributed by atoms with Crippen molar-refractivity contribution in [2.45, 2.75) is 158 Å². The van der Waals surface area contributed by atoms with Crippen LogP contribution in [0.3, 0.4) is 0 Å². The average molecular weight is 1160 g/mol. The number of amidine groups is 4. The Hall–Kier alpha value is -8.64. The summed E-state index contributed by atoms with van der Waals surface area (Å²) in [6.07, 6.45) is 30.1. The lowest BCUT2D eigenvalue weighted by Crippen LogP contribution is -2.16. The second-order valence-corrected chi connectivity index (χ2v) is 25.4. The molecule has 12 heteroatoms. The van der Waals surface area contributed by atoms with E-state index in [1.807, 2.05) is 84.9 Å². The van der Waals surface area contributed by atoms with Crippen LogP contribution in [0.15, 0.2) is 166 Å². The van der Waals surface area contributed by atoms with Gasteiger partial charge in [0.1, 0.15) is 11.6 Å². The molecule has 86 heavy (non-hydrogen) atoms. The zero-order chi connectivity index (χ0) is 63.1. The molecule has 0 aromatic heterocycles. The zero-order valence-corrected chi connectivity index (χ0v) is 52.1. The Balaban J connectivity index is 0.000000210. The first kappa shape index (κ1) is 68.1. The number of carbonyl (C=O) groups excluding carboxylic acids is 4. The fourth-order valence-corrected chi connectivity index (χ4v) is 11.5. The zero-order valence-electron chi connectivity index (χ0n) is 52.1. The molecule has 0 saturated carbocycles. The van der Waals surface area contributed by atoms with Gasteiger partial charge in [-0.05, 0) is 158 Å². The van der Waals surface area contributed by atoms with Gasteiger partial charge in [0.25, 0.3) is 0 Å². The van der Waals surface area contributed by atoms with Crippen molar-refractivity contribution < 1.29 is 19.2 Å². The summed E-state index contributed by atoms with van der Waals surface area (Å²) in [7, 11) is 0. The van der Waals surface area contributed by atoms with Gasteiger partial charge in [0.2, 0.25) is 0 Å². The van der Waals surface area contributed by atoms with Crippen molar-refractivity contribution in [3.05, 3.63) is 210 Å². The van der Waals surface area contributed by atoms with Gasteiger partial charge in [-0.25, -0.2) is 0 Å². The Labute approximate surface area is 511 Å². The molecule has 0 fully saturated rings. The number of benzene rings is 4. The molecule has 4 aliphatic carbocycles. The number of ketones is 4. The first-order valence-corrected chi connectivity index (χ1v) is 29.9. The number of nitrogens with one attached hydrogen (secondary N) is 4. The Morgan fingerprint density at radius 1 is 0.384 bits per heavy atom. The van der Waals surface area contributed by atoms with Gasteiger partial charge in [0, 0.05) is 24.0 Å². The van der Waals surface area contributed by atoms with Crippen molar-refractivity contribution in [2.75, 3.05) is 0 Å². The van der Waals surface area contributed by atoms with Gasteiger partial charge in [-0.1, -0.05) is 196 Å². The summed E-state index contributed by atoms with van der Waals surface area (Å²) in [6.45, 7) is 17.9. The molecule has 4 aromatic carbocycles. The standard InChI is InChI=1S/C20H26N2O.C19H24N2O.C18H22N2O.C17H20N2O/c1-14-8-17(13-20(2,3)12-14)9-15-4-6-16(7-5-15)10-18(23)11-19(21)22;1-13-8-15(12-19(2,3)11-13)9-14-4-6-16(7-5-14)17(22)10-18(20)21;1-13-3-2-4-16(9-13)10-14-5-7-15(8-6-14)11-17(21)12-18(19)20;1-12-3-2-4-14(9-12)10-13-5-7-15(8-6-13)16(20)11-17(18)19/h4-9H,10-13H2,1-3H3,(H3,21,22);4-9H,10-12H2,1-3H3,(H3,20,21);5-10H,2-4,11-12H2,1H3,(H3,19,20);5-10H,2-4,11H2,1H3,(H3,18,19)/b17-9-;15-9+;16-10+;14-10-. The summed E-state index contributed by atoms with van der Waals surface area (Å²) in [4.78, 5) is 46.9. The largest absolute Gasteiger partial charge is 0.387 e. The Morgan fingerprint density at radius 3 is 0.942 bits per heavy atom. The molecule has 0 aliphatic heterocycles. The maximum Gasteiger partial charge on any atom is 0.170 e. The SMILES string of the molecule is CC1=C/C(=C/c2ccc(CC(=O)CC(=N)N)cc2)CC(C)(C)C1.CC1=C/C(=C/c2ccc(CC(=O)CC(=N)N)cc2)CCC1.CC1=C/C(=C\c2ccc(C(=O)CC(=N)N)cc2)CC(C)(C)C1.CC1=C/C(=C\c2ccc(C(=O)CC(=N)N)cc2)CCC1. The number of nitrogens with two attached hydrogens (primary N) is 4. The Kier molecular flexibility index (Phi) is 25.8. The van der Waals surface area contributed by atoms with E-state index in [4.69, 9.17) is 44.6 Å². The summed E-state index contributed by atoms with van der Waals surface area (Å²) in [5, 5.41) is 28.6. The van der Waals surface area contributed by atoms with E-state index in [-0.39, 0.29) is 72.2 Å². The predicted octanol–water partition coefficient (Wildman–Crippen LogP) is 16.0. The normalized spacial score (nSPS) is 17.8. The van der Waals surface area contributed by atoms with Gasteiger partial charge in [0.15, 0.2) is 11.6 Å². The molecule has 0 unspecified atom stereocenters. The fourth-order valence-electron chi connectivity index (χ4n) is 11.5. The van der Waals surface area contributed by atoms with Gasteiger partial charge in [-0.15, -0.1) is 0 Å². The van der Waals surface area contributed by atoms with Crippen molar-refractivity contribution in [1.29, 1.82) is 21.6 Å². The van der Waals surface area contributed by atoms with Crippen molar-refractivity contribution in [3.63, 3.8) is 0 Å². The highest BCUT2D eigenvalue weighted by atomic mass is 16.1. The van der Waals surface area contributed by atoms with Crippen LogP contribution >= 0.6 is 0 Å². The molecule has 0 saturated heterocycles. The minimum Gasteiger partial charge on any atom is -0.387 e. The Bertz CT molecular complexity index is 3390. The first-order valence-electron chi connectivity index (χ1n) is 29.9. The van der Waals surface area contributed by atoms with E-state index in [0.717, 1.165) is 66.3 Å². The predicted molar refractivity (Wildman–Crippen MR) is 359 cm³/mol. The third-order valence-corrected chi connectivity index (χ3v) is 14.8. The number of rotatable bonds is 18. The third-order valence-electron chi connectivity index (χ3n) is 14.8. The lowest BCUT2D eigenvalue weighted by atomic mass is 9.75. The molecule has 0 atom stereocenters. The van der Waals surface area contributed by atoms with Crippen molar-refractivity contribution in [2.24, 2.45) is 33.8 Å². The van der Waals surface area contributed by atoms with Crippen LogP contribution in [0.4, 0.5) is 0 Å². The summed E-state index contributed by atoms with van der Waals surface area (Å²) >= 11 is 0. The average Bonchev–Trinajstić information content (AvgIpc) is 3.59. The van der Waals surface area contributed by atoms with E-state index in [9.17, 15) is 19.2 Å². The molecular formula is C74H92N8O4. The first-order chi connectivity index (χ1) is 40.5. The minimum absolute atomic E-state index is 0.0115. The van der Waals surface area contributed by atoms with Crippen LogP contribution in [0.25, 0.3) is 24.3 Å². The summed E-state index contributed by atoms with van der Waals surface area (Å²) < 4.78 is 0. The van der Waals surface area contributed by atoms with Crippen LogP contribution < -0.4 is 22.9 Å². The van der Waals surface area contributed by atoms with Crippen LogP contribution in [0.2, 0.25) is 0 Å². The molecule has 0 heterocycles. The number of carbonyl (C=O) groups is 4. The van der Waals surface area contributed by atoms with Crippen molar-refractivity contribution in [3.8, 4) is 0 Å². The van der Waals surface area contributed by atoms with Gasteiger partial charge < -0.3 is 22.9 Å². The molecule has 12 N–H and O–H groups in total. The second-order valence-electron chi connectivity index (χ2n) is 25.4. The highest BCUT2D eigenvalue weighted by molar-refractivity contribution is 6.08.